The van der Waals surface area contributed by atoms with Crippen LogP contribution in [0.2, 0.25) is 0 Å². The maximum atomic E-state index is 12.0. The van der Waals surface area contributed by atoms with E-state index in [-0.39, 0.29) is 11.8 Å². The number of methoxy groups -OCH3 is 1. The molecule has 2 N–H and O–H groups in total. The first-order valence-electron chi connectivity index (χ1n) is 14.4. The van der Waals surface area contributed by atoms with Crippen LogP contribution >= 0.6 is 0 Å². The Hall–Kier alpha value is -4.36. The number of benzene rings is 2. The maximum absolute atomic E-state index is 12.0. The molecule has 4 aromatic rings. The number of carbonyl (C=O) groups is 1. The minimum absolute atomic E-state index is 0.177. The van der Waals surface area contributed by atoms with Gasteiger partial charge in [-0.2, -0.15) is 0 Å². The minimum Gasteiger partial charge on any atom is -0.495 e. The van der Waals surface area contributed by atoms with Crippen LogP contribution in [0.5, 0.6) is 5.75 Å². The number of para-hydroxylation sites is 1. The van der Waals surface area contributed by atoms with E-state index >= 15 is 0 Å². The van der Waals surface area contributed by atoms with Gasteiger partial charge in [-0.1, -0.05) is 24.3 Å². The van der Waals surface area contributed by atoms with Gasteiger partial charge in [0, 0.05) is 30.6 Å². The number of fused-ring (bicyclic) bond motifs is 1. The molecule has 0 atom stereocenters. The molecule has 234 valence electrons. The molecule has 0 saturated carbocycles. The van der Waals surface area contributed by atoms with Gasteiger partial charge < -0.3 is 24.9 Å². The van der Waals surface area contributed by atoms with Crippen LogP contribution in [0.3, 0.4) is 0 Å². The number of piperidine rings is 1. The number of rotatable bonds is 9. The van der Waals surface area contributed by atoms with Crippen molar-refractivity contribution in [2.75, 3.05) is 43.0 Å². The van der Waals surface area contributed by atoms with Crippen molar-refractivity contribution in [2.24, 2.45) is 0 Å². The summed E-state index contributed by atoms with van der Waals surface area (Å²) in [6.45, 7) is 6.62. The summed E-state index contributed by atoms with van der Waals surface area (Å²) >= 11 is 0. The van der Waals surface area contributed by atoms with E-state index in [1.165, 1.54) is 6.26 Å². The number of ether oxygens (including phenoxy) is 2. The molecule has 12 nitrogen and oxygen atoms in total. The average Bonchev–Trinajstić information content (AvgIpc) is 3.38. The lowest BCUT2D eigenvalue weighted by molar-refractivity contribution is -0.152. The standard InChI is InChI=1S/C31H38N6O6S/c1-31(2,3)42-30(38)43-36-16-14-21(15-17-36)22-10-12-26(28(18-22)41-4)34-29-32-19-23-11-13-27(37(23)35-29)24-8-6-7-9-25(24)33-20-44(5,39)40/h6-13,18-19,21,33H,14-17,20H2,1-5H3,(H,34,35). The van der Waals surface area contributed by atoms with Gasteiger partial charge in [0.15, 0.2) is 9.84 Å². The zero-order valence-corrected chi connectivity index (χ0v) is 26.3. The number of hydrogen-bond acceptors (Lipinski definition) is 11. The molecule has 13 heteroatoms. The molecule has 5 rings (SSSR count). The lowest BCUT2D eigenvalue weighted by Crippen LogP contribution is -2.37. The molecule has 0 amide bonds. The zero-order chi connectivity index (χ0) is 31.5. The molecule has 1 aliphatic rings. The summed E-state index contributed by atoms with van der Waals surface area (Å²) in [7, 11) is -1.59. The highest BCUT2D eigenvalue weighted by molar-refractivity contribution is 7.90. The molecule has 1 saturated heterocycles. The Balaban J connectivity index is 1.30. The molecule has 3 heterocycles. The van der Waals surface area contributed by atoms with Crippen molar-refractivity contribution < 1.29 is 27.5 Å². The minimum atomic E-state index is -3.21. The van der Waals surface area contributed by atoms with Crippen molar-refractivity contribution in [3.05, 3.63) is 66.4 Å². The highest BCUT2D eigenvalue weighted by Gasteiger charge is 2.26. The average molecular weight is 623 g/mol. The fourth-order valence-electron chi connectivity index (χ4n) is 5.07. The quantitative estimate of drug-likeness (QED) is 0.226. The maximum Gasteiger partial charge on any atom is 0.528 e. The molecule has 44 heavy (non-hydrogen) atoms. The van der Waals surface area contributed by atoms with Gasteiger partial charge >= 0.3 is 6.16 Å². The van der Waals surface area contributed by atoms with Crippen LogP contribution in [0, 0.1) is 0 Å². The molecule has 1 fully saturated rings. The van der Waals surface area contributed by atoms with Crippen LogP contribution in [0.25, 0.3) is 16.8 Å². The van der Waals surface area contributed by atoms with E-state index in [2.05, 4.69) is 21.7 Å². The summed E-state index contributed by atoms with van der Waals surface area (Å²) in [6, 6.07) is 17.4. The Kier molecular flexibility index (Phi) is 8.97. The molecular weight excluding hydrogens is 584 g/mol. The van der Waals surface area contributed by atoms with Crippen molar-refractivity contribution in [1.29, 1.82) is 0 Å². The highest BCUT2D eigenvalue weighted by atomic mass is 32.2. The first-order chi connectivity index (χ1) is 20.9. The van der Waals surface area contributed by atoms with E-state index in [0.717, 1.165) is 35.2 Å². The third-order valence-corrected chi connectivity index (χ3v) is 7.79. The first kappa shape index (κ1) is 31.1. The molecule has 0 spiro atoms. The lowest BCUT2D eigenvalue weighted by atomic mass is 9.90. The Bertz CT molecular complexity index is 1740. The van der Waals surface area contributed by atoms with Gasteiger partial charge in [-0.3, -0.25) is 0 Å². The van der Waals surface area contributed by atoms with E-state index < -0.39 is 21.6 Å². The van der Waals surface area contributed by atoms with Gasteiger partial charge in [-0.15, -0.1) is 10.2 Å². The van der Waals surface area contributed by atoms with Crippen LogP contribution in [0.15, 0.2) is 60.8 Å². The van der Waals surface area contributed by atoms with Gasteiger partial charge in [0.25, 0.3) is 0 Å². The SMILES string of the molecule is COc1cc(C2CCN(OC(=O)OC(C)(C)C)CC2)ccc1Nc1ncc2ccc(-c3ccccc3NCS(C)(=O)=O)n2n1. The lowest BCUT2D eigenvalue weighted by Gasteiger charge is -2.31. The van der Waals surface area contributed by atoms with Gasteiger partial charge in [0.05, 0.1) is 30.2 Å². The number of nitrogens with one attached hydrogen (secondary N) is 2. The number of sulfone groups is 1. The van der Waals surface area contributed by atoms with Gasteiger partial charge in [-0.05, 0) is 75.4 Å². The number of hydroxylamine groups is 2. The van der Waals surface area contributed by atoms with Crippen molar-refractivity contribution in [2.45, 2.75) is 45.1 Å². The number of carbonyl (C=O) groups excluding carboxylic acids is 1. The second-order valence-corrected chi connectivity index (χ2v) is 13.9. The molecule has 0 aliphatic carbocycles. The van der Waals surface area contributed by atoms with Gasteiger partial charge in [0.1, 0.15) is 17.2 Å². The Labute approximate surface area is 257 Å². The molecule has 2 aromatic carbocycles. The Morgan fingerprint density at radius 2 is 1.80 bits per heavy atom. The first-order valence-corrected chi connectivity index (χ1v) is 16.4. The number of anilines is 3. The van der Waals surface area contributed by atoms with Gasteiger partial charge in [-0.25, -0.2) is 22.7 Å². The predicted molar refractivity (Wildman–Crippen MR) is 169 cm³/mol. The fraction of sp³-hybridized carbons (Fsp3) is 0.387. The van der Waals surface area contributed by atoms with Crippen LogP contribution in [-0.4, -0.2) is 72.2 Å². The molecule has 0 unspecified atom stereocenters. The second-order valence-electron chi connectivity index (χ2n) is 11.8. The van der Waals surface area contributed by atoms with Crippen molar-refractivity contribution in [1.82, 2.24) is 19.7 Å². The number of aromatic nitrogens is 3. The highest BCUT2D eigenvalue weighted by Crippen LogP contribution is 2.35. The zero-order valence-electron chi connectivity index (χ0n) is 25.5. The van der Waals surface area contributed by atoms with Crippen LogP contribution < -0.4 is 15.4 Å². The van der Waals surface area contributed by atoms with Crippen LogP contribution in [0.1, 0.15) is 45.1 Å². The number of hydrogen-bond donors (Lipinski definition) is 2. The van der Waals surface area contributed by atoms with Gasteiger partial charge in [0.2, 0.25) is 5.95 Å². The second kappa shape index (κ2) is 12.7. The third-order valence-electron chi connectivity index (χ3n) is 7.12. The monoisotopic (exact) mass is 622 g/mol. The summed E-state index contributed by atoms with van der Waals surface area (Å²) < 4.78 is 36.3. The molecule has 2 aromatic heterocycles. The smallest absolute Gasteiger partial charge is 0.495 e. The van der Waals surface area contributed by atoms with Crippen molar-refractivity contribution in [3.63, 3.8) is 0 Å². The summed E-state index contributed by atoms with van der Waals surface area (Å²) in [6.07, 6.45) is 3.85. The summed E-state index contributed by atoms with van der Waals surface area (Å²) in [5.74, 6) is 1.13. The topological polar surface area (TPSA) is 136 Å². The molecular formula is C31H38N6O6S. The van der Waals surface area contributed by atoms with E-state index in [1.54, 1.807) is 43.7 Å². The largest absolute Gasteiger partial charge is 0.528 e. The van der Waals surface area contributed by atoms with Crippen molar-refractivity contribution in [3.8, 4) is 17.0 Å². The number of nitrogens with zero attached hydrogens (tertiary/aromatic N) is 4. The predicted octanol–water partition coefficient (Wildman–Crippen LogP) is 5.61. The van der Waals surface area contributed by atoms with Crippen molar-refractivity contribution >= 4 is 38.8 Å². The molecule has 0 bridgehead atoms. The Morgan fingerprint density at radius 1 is 1.05 bits per heavy atom. The third kappa shape index (κ3) is 7.77. The van der Waals surface area contributed by atoms with Crippen LogP contribution in [-0.2, 0) is 19.4 Å². The summed E-state index contributed by atoms with van der Waals surface area (Å²) in [5, 5.41) is 12.7. The summed E-state index contributed by atoms with van der Waals surface area (Å²) in [4.78, 5) is 21.9. The normalized spacial score (nSPS) is 14.8. The van der Waals surface area contributed by atoms with E-state index in [0.29, 0.717) is 36.2 Å². The van der Waals surface area contributed by atoms with E-state index in [1.807, 2.05) is 48.5 Å². The fourth-order valence-corrected chi connectivity index (χ4v) is 5.49. The molecule has 0 radical (unpaired) electrons. The molecule has 1 aliphatic heterocycles. The Morgan fingerprint density at radius 3 is 2.50 bits per heavy atom. The van der Waals surface area contributed by atoms with Crippen LogP contribution in [0.4, 0.5) is 22.1 Å². The summed E-state index contributed by atoms with van der Waals surface area (Å²) in [5.41, 5.74) is 4.31. The van der Waals surface area contributed by atoms with E-state index in [4.69, 9.17) is 19.4 Å². The van der Waals surface area contributed by atoms with E-state index in [9.17, 15) is 13.2 Å².